The van der Waals surface area contributed by atoms with Gasteiger partial charge in [-0.2, -0.15) is 11.8 Å². The van der Waals surface area contributed by atoms with E-state index in [2.05, 4.69) is 54.2 Å². The second-order valence-corrected chi connectivity index (χ2v) is 6.52. The first kappa shape index (κ1) is 15.5. The van der Waals surface area contributed by atoms with Crippen LogP contribution in [-0.2, 0) is 13.1 Å². The van der Waals surface area contributed by atoms with Gasteiger partial charge in [-0.25, -0.2) is 0 Å². The molecule has 0 aliphatic carbocycles. The Morgan fingerprint density at radius 3 is 2.90 bits per heavy atom. The molecule has 0 fully saturated rings. The number of aromatic nitrogens is 1. The smallest absolute Gasteiger partial charge is 0.0483 e. The summed E-state index contributed by atoms with van der Waals surface area (Å²) in [5.74, 6) is 2.48. The Morgan fingerprint density at radius 1 is 1.20 bits per heavy atom. The average Bonchev–Trinajstić information content (AvgIpc) is 2.87. The second-order valence-electron chi connectivity index (χ2n) is 5.13. The van der Waals surface area contributed by atoms with Gasteiger partial charge >= 0.3 is 0 Å². The van der Waals surface area contributed by atoms with E-state index in [1.807, 2.05) is 11.8 Å². The minimum absolute atomic E-state index is 0.973. The van der Waals surface area contributed by atoms with Crippen molar-refractivity contribution >= 4 is 22.7 Å². The number of benzene rings is 1. The van der Waals surface area contributed by atoms with Crippen LogP contribution in [0.1, 0.15) is 32.3 Å². The van der Waals surface area contributed by atoms with Crippen molar-refractivity contribution in [2.75, 3.05) is 18.1 Å². The van der Waals surface area contributed by atoms with E-state index < -0.39 is 0 Å². The number of thioether (sulfide) groups is 1. The van der Waals surface area contributed by atoms with E-state index >= 15 is 0 Å². The number of aryl methyl sites for hydroxylation is 1. The Balaban J connectivity index is 2.01. The van der Waals surface area contributed by atoms with Gasteiger partial charge in [-0.05, 0) is 54.0 Å². The monoisotopic (exact) mass is 290 g/mol. The molecule has 0 aliphatic heterocycles. The van der Waals surface area contributed by atoms with Gasteiger partial charge in [-0.3, -0.25) is 0 Å². The number of fused-ring (bicyclic) bond motifs is 1. The SMILES string of the molecule is CCCNCc1ccc2ccn(CCCSCC)c2c1. The molecule has 0 saturated carbocycles. The standard InChI is InChI=1S/C17H26N2S/c1-3-9-18-14-15-6-7-16-8-11-19(17(16)13-15)10-5-12-20-4-2/h6-8,11,13,18H,3-5,9-10,12,14H2,1-2H3. The van der Waals surface area contributed by atoms with Crippen molar-refractivity contribution in [1.29, 1.82) is 0 Å². The molecule has 0 unspecified atom stereocenters. The van der Waals surface area contributed by atoms with Gasteiger partial charge in [0.25, 0.3) is 0 Å². The first-order valence-corrected chi connectivity index (χ1v) is 8.87. The Labute approximate surface area is 126 Å². The van der Waals surface area contributed by atoms with Crippen molar-refractivity contribution in [2.45, 2.75) is 39.8 Å². The summed E-state index contributed by atoms with van der Waals surface area (Å²) in [6.07, 6.45) is 4.67. The van der Waals surface area contributed by atoms with Gasteiger partial charge in [-0.1, -0.05) is 26.0 Å². The molecule has 3 heteroatoms. The van der Waals surface area contributed by atoms with Crippen molar-refractivity contribution in [3.8, 4) is 0 Å². The molecule has 0 atom stereocenters. The summed E-state index contributed by atoms with van der Waals surface area (Å²) < 4.78 is 2.40. The summed E-state index contributed by atoms with van der Waals surface area (Å²) >= 11 is 2.03. The number of hydrogen-bond acceptors (Lipinski definition) is 2. The fraction of sp³-hybridized carbons (Fsp3) is 0.529. The lowest BCUT2D eigenvalue weighted by atomic mass is 10.1. The normalized spacial score (nSPS) is 11.3. The molecule has 0 radical (unpaired) electrons. The van der Waals surface area contributed by atoms with Crippen LogP contribution >= 0.6 is 11.8 Å². The van der Waals surface area contributed by atoms with Crippen LogP contribution in [0.4, 0.5) is 0 Å². The molecular formula is C17H26N2S. The third-order valence-electron chi connectivity index (χ3n) is 3.49. The maximum atomic E-state index is 3.48. The Kier molecular flexibility index (Phi) is 6.48. The first-order chi connectivity index (χ1) is 9.85. The van der Waals surface area contributed by atoms with Crippen molar-refractivity contribution < 1.29 is 0 Å². The summed E-state index contributed by atoms with van der Waals surface area (Å²) in [5.41, 5.74) is 2.76. The molecule has 2 aromatic rings. The van der Waals surface area contributed by atoms with Crippen LogP contribution in [0.3, 0.4) is 0 Å². The fourth-order valence-electron chi connectivity index (χ4n) is 2.43. The van der Waals surface area contributed by atoms with Crippen LogP contribution < -0.4 is 5.32 Å². The summed E-state index contributed by atoms with van der Waals surface area (Å²) in [7, 11) is 0. The van der Waals surface area contributed by atoms with E-state index in [9.17, 15) is 0 Å². The van der Waals surface area contributed by atoms with Gasteiger partial charge < -0.3 is 9.88 Å². The Hall–Kier alpha value is -0.930. The van der Waals surface area contributed by atoms with Gasteiger partial charge in [0.05, 0.1) is 0 Å². The van der Waals surface area contributed by atoms with Gasteiger partial charge in [0.1, 0.15) is 0 Å². The van der Waals surface area contributed by atoms with Gasteiger partial charge in [0.15, 0.2) is 0 Å². The Bertz CT molecular complexity index is 519. The van der Waals surface area contributed by atoms with Crippen molar-refractivity contribution in [3.05, 3.63) is 36.0 Å². The molecule has 0 saturated heterocycles. The van der Waals surface area contributed by atoms with E-state index in [0.29, 0.717) is 0 Å². The van der Waals surface area contributed by atoms with Crippen molar-refractivity contribution in [2.24, 2.45) is 0 Å². The molecule has 1 aromatic heterocycles. The second kappa shape index (κ2) is 8.38. The highest BCUT2D eigenvalue weighted by Crippen LogP contribution is 2.18. The quantitative estimate of drug-likeness (QED) is 0.694. The molecular weight excluding hydrogens is 264 g/mol. The maximum Gasteiger partial charge on any atom is 0.0483 e. The molecule has 0 aliphatic rings. The number of nitrogens with one attached hydrogen (secondary N) is 1. The van der Waals surface area contributed by atoms with Crippen molar-refractivity contribution in [3.63, 3.8) is 0 Å². The van der Waals surface area contributed by atoms with Crippen LogP contribution in [0.2, 0.25) is 0 Å². The number of hydrogen-bond donors (Lipinski definition) is 1. The molecule has 1 N–H and O–H groups in total. The van der Waals surface area contributed by atoms with Crippen LogP contribution in [0.5, 0.6) is 0 Å². The zero-order valence-electron chi connectivity index (χ0n) is 12.7. The van der Waals surface area contributed by atoms with Crippen LogP contribution in [0.15, 0.2) is 30.5 Å². The predicted octanol–water partition coefficient (Wildman–Crippen LogP) is 4.28. The highest BCUT2D eigenvalue weighted by atomic mass is 32.2. The van der Waals surface area contributed by atoms with Gasteiger partial charge in [-0.15, -0.1) is 0 Å². The molecule has 0 bridgehead atoms. The summed E-state index contributed by atoms with van der Waals surface area (Å²) in [6.45, 7) is 7.62. The third-order valence-corrected chi connectivity index (χ3v) is 4.47. The predicted molar refractivity (Wildman–Crippen MR) is 91.6 cm³/mol. The topological polar surface area (TPSA) is 17.0 Å². The minimum Gasteiger partial charge on any atom is -0.347 e. The molecule has 0 amide bonds. The minimum atomic E-state index is 0.973. The lowest BCUT2D eigenvalue weighted by molar-refractivity contribution is 0.674. The largest absolute Gasteiger partial charge is 0.347 e. The van der Waals surface area contributed by atoms with Crippen LogP contribution in [0.25, 0.3) is 10.9 Å². The molecule has 20 heavy (non-hydrogen) atoms. The lowest BCUT2D eigenvalue weighted by Gasteiger charge is -2.08. The van der Waals surface area contributed by atoms with Crippen LogP contribution in [0, 0.1) is 0 Å². The first-order valence-electron chi connectivity index (χ1n) is 7.71. The van der Waals surface area contributed by atoms with E-state index in [4.69, 9.17) is 0 Å². The van der Waals surface area contributed by atoms with E-state index in [-0.39, 0.29) is 0 Å². The maximum absolute atomic E-state index is 3.48. The third kappa shape index (κ3) is 4.29. The molecule has 0 spiro atoms. The van der Waals surface area contributed by atoms with E-state index in [1.165, 1.54) is 40.8 Å². The van der Waals surface area contributed by atoms with Gasteiger partial charge in [0.2, 0.25) is 0 Å². The fourth-order valence-corrected chi connectivity index (χ4v) is 3.05. The number of rotatable bonds is 9. The van der Waals surface area contributed by atoms with E-state index in [0.717, 1.165) is 19.6 Å². The summed E-state index contributed by atoms with van der Waals surface area (Å²) in [5, 5.41) is 4.83. The summed E-state index contributed by atoms with van der Waals surface area (Å²) in [4.78, 5) is 0. The summed E-state index contributed by atoms with van der Waals surface area (Å²) in [6, 6.07) is 9.05. The highest BCUT2D eigenvalue weighted by Gasteiger charge is 2.02. The highest BCUT2D eigenvalue weighted by molar-refractivity contribution is 7.99. The average molecular weight is 290 g/mol. The zero-order valence-corrected chi connectivity index (χ0v) is 13.5. The molecule has 2 nitrogen and oxygen atoms in total. The lowest BCUT2D eigenvalue weighted by Crippen LogP contribution is -2.13. The van der Waals surface area contributed by atoms with E-state index in [1.54, 1.807) is 0 Å². The van der Waals surface area contributed by atoms with Crippen molar-refractivity contribution in [1.82, 2.24) is 9.88 Å². The van der Waals surface area contributed by atoms with Gasteiger partial charge in [0, 0.05) is 24.8 Å². The zero-order chi connectivity index (χ0) is 14.2. The number of nitrogens with zero attached hydrogens (tertiary/aromatic N) is 1. The molecule has 2 rings (SSSR count). The molecule has 1 aromatic carbocycles. The molecule has 110 valence electrons. The Morgan fingerprint density at radius 2 is 2.10 bits per heavy atom. The van der Waals surface area contributed by atoms with Crippen LogP contribution in [-0.4, -0.2) is 22.6 Å². The molecule has 1 heterocycles.